The van der Waals surface area contributed by atoms with Crippen molar-refractivity contribution in [2.45, 2.75) is 18.9 Å². The Morgan fingerprint density at radius 2 is 1.89 bits per heavy atom. The van der Waals surface area contributed by atoms with Gasteiger partial charge in [-0.15, -0.1) is 11.3 Å². The van der Waals surface area contributed by atoms with E-state index in [9.17, 15) is 14.3 Å². The van der Waals surface area contributed by atoms with E-state index in [1.807, 2.05) is 41.3 Å². The van der Waals surface area contributed by atoms with Crippen LogP contribution in [0.5, 0.6) is 0 Å². The molecular formula is C27H27FN4O2S. The van der Waals surface area contributed by atoms with E-state index >= 15 is 0 Å². The number of amides is 1. The van der Waals surface area contributed by atoms with Crippen LogP contribution in [0.4, 0.5) is 10.1 Å². The second-order valence-electron chi connectivity index (χ2n) is 8.99. The smallest absolute Gasteiger partial charge is 0.264 e. The lowest BCUT2D eigenvalue weighted by molar-refractivity contribution is 0.0771. The molecule has 0 spiro atoms. The third kappa shape index (κ3) is 4.94. The number of benzene rings is 2. The van der Waals surface area contributed by atoms with Crippen LogP contribution in [0.15, 0.2) is 48.5 Å². The molecule has 2 aliphatic heterocycles. The average molecular weight is 491 g/mol. The fraction of sp³-hybridized carbons (Fsp3) is 0.333. The Balaban J connectivity index is 1.52. The van der Waals surface area contributed by atoms with Crippen molar-refractivity contribution in [2.24, 2.45) is 0 Å². The summed E-state index contributed by atoms with van der Waals surface area (Å²) in [6.45, 7) is 4.47. The zero-order chi connectivity index (χ0) is 24.4. The minimum absolute atomic E-state index is 0.00366. The van der Waals surface area contributed by atoms with E-state index in [0.29, 0.717) is 30.1 Å². The molecule has 3 heterocycles. The third-order valence-electron chi connectivity index (χ3n) is 6.63. The highest BCUT2D eigenvalue weighted by atomic mass is 32.1. The van der Waals surface area contributed by atoms with Gasteiger partial charge in [0, 0.05) is 48.9 Å². The summed E-state index contributed by atoms with van der Waals surface area (Å²) in [5, 5.41) is 22.3. The molecule has 2 saturated heterocycles. The van der Waals surface area contributed by atoms with E-state index in [-0.39, 0.29) is 17.6 Å². The van der Waals surface area contributed by atoms with Crippen LogP contribution in [0.2, 0.25) is 0 Å². The predicted octanol–water partition coefficient (Wildman–Crippen LogP) is 4.10. The van der Waals surface area contributed by atoms with Gasteiger partial charge in [0.15, 0.2) is 0 Å². The van der Waals surface area contributed by atoms with Crippen LogP contribution in [0.3, 0.4) is 0 Å². The van der Waals surface area contributed by atoms with Gasteiger partial charge >= 0.3 is 0 Å². The van der Waals surface area contributed by atoms with Gasteiger partial charge in [-0.1, -0.05) is 18.2 Å². The number of nitrogens with zero attached hydrogens (tertiary/aromatic N) is 3. The van der Waals surface area contributed by atoms with Crippen LogP contribution in [-0.2, 0) is 0 Å². The van der Waals surface area contributed by atoms with Crippen LogP contribution < -0.4 is 10.2 Å². The monoisotopic (exact) mass is 490 g/mol. The van der Waals surface area contributed by atoms with E-state index in [2.05, 4.69) is 10.2 Å². The number of rotatable bonds is 4. The van der Waals surface area contributed by atoms with Crippen molar-refractivity contribution in [3.05, 3.63) is 64.8 Å². The molecule has 2 N–H and O–H groups in total. The second kappa shape index (κ2) is 10.2. The standard InChI is InChI=1S/C27H27FN4O2S/c28-24-14-19(2-3-20(24)16-29)23-15-25(27(34)31-11-1-9-30-10-13-31)35-26(23)18-4-6-21(7-5-18)32-12-8-22(33)17-32/h2-7,14-15,22,30,33H,1,8-13,17H2. The van der Waals surface area contributed by atoms with E-state index < -0.39 is 5.82 Å². The number of carbonyl (C=O) groups excluding carboxylic acids is 1. The summed E-state index contributed by atoms with van der Waals surface area (Å²) in [7, 11) is 0. The molecule has 0 bridgehead atoms. The molecule has 0 saturated carbocycles. The van der Waals surface area contributed by atoms with Crippen molar-refractivity contribution < 1.29 is 14.3 Å². The van der Waals surface area contributed by atoms with Crippen molar-refractivity contribution in [1.29, 1.82) is 5.26 Å². The van der Waals surface area contributed by atoms with Gasteiger partial charge in [0.25, 0.3) is 5.91 Å². The van der Waals surface area contributed by atoms with Gasteiger partial charge in [-0.05, 0) is 60.8 Å². The maximum Gasteiger partial charge on any atom is 0.264 e. The largest absolute Gasteiger partial charge is 0.391 e. The molecule has 0 radical (unpaired) electrons. The maximum absolute atomic E-state index is 14.5. The molecule has 6 nitrogen and oxygen atoms in total. The normalized spacial score (nSPS) is 18.4. The van der Waals surface area contributed by atoms with Crippen LogP contribution >= 0.6 is 11.3 Å². The fourth-order valence-electron chi connectivity index (χ4n) is 4.70. The number of nitriles is 1. The summed E-state index contributed by atoms with van der Waals surface area (Å²) in [6.07, 6.45) is 1.37. The highest BCUT2D eigenvalue weighted by molar-refractivity contribution is 7.18. The zero-order valence-corrected chi connectivity index (χ0v) is 20.2. The van der Waals surface area contributed by atoms with Crippen molar-refractivity contribution >= 4 is 22.9 Å². The van der Waals surface area contributed by atoms with Gasteiger partial charge in [-0.25, -0.2) is 4.39 Å². The molecule has 2 aliphatic rings. The second-order valence-corrected chi connectivity index (χ2v) is 10.0. The Hall–Kier alpha value is -3.25. The fourth-order valence-corrected chi connectivity index (χ4v) is 5.86. The van der Waals surface area contributed by atoms with E-state index in [0.717, 1.165) is 54.2 Å². The third-order valence-corrected chi connectivity index (χ3v) is 7.80. The summed E-state index contributed by atoms with van der Waals surface area (Å²) in [4.78, 5) is 18.9. The van der Waals surface area contributed by atoms with Gasteiger partial charge < -0.3 is 20.2 Å². The molecule has 8 heteroatoms. The van der Waals surface area contributed by atoms with Gasteiger partial charge in [-0.2, -0.15) is 5.26 Å². The Morgan fingerprint density at radius 1 is 1.09 bits per heavy atom. The van der Waals surface area contributed by atoms with Crippen molar-refractivity contribution in [1.82, 2.24) is 10.2 Å². The summed E-state index contributed by atoms with van der Waals surface area (Å²) in [5.74, 6) is -0.584. The van der Waals surface area contributed by atoms with Crippen molar-refractivity contribution in [3.63, 3.8) is 0 Å². The Labute approximate surface area is 208 Å². The van der Waals surface area contributed by atoms with Crippen molar-refractivity contribution in [2.75, 3.05) is 44.2 Å². The van der Waals surface area contributed by atoms with E-state index in [4.69, 9.17) is 5.26 Å². The molecule has 1 atom stereocenters. The number of hydrogen-bond acceptors (Lipinski definition) is 6. The molecule has 3 aromatic rings. The Bertz CT molecular complexity index is 1260. The average Bonchev–Trinajstić information content (AvgIpc) is 3.42. The van der Waals surface area contributed by atoms with Gasteiger partial charge in [0.05, 0.1) is 16.5 Å². The van der Waals surface area contributed by atoms with E-state index in [1.54, 1.807) is 6.07 Å². The van der Waals surface area contributed by atoms with Crippen LogP contribution in [0, 0.1) is 17.1 Å². The molecule has 5 rings (SSSR count). The zero-order valence-electron chi connectivity index (χ0n) is 19.3. The predicted molar refractivity (Wildman–Crippen MR) is 136 cm³/mol. The number of thiophene rings is 1. The van der Waals surface area contributed by atoms with Crippen molar-refractivity contribution in [3.8, 4) is 27.6 Å². The summed E-state index contributed by atoms with van der Waals surface area (Å²) in [5.41, 5.74) is 3.39. The first-order valence-corrected chi connectivity index (χ1v) is 12.7. The lowest BCUT2D eigenvalue weighted by Gasteiger charge is -2.18. The number of nitrogens with one attached hydrogen (secondary N) is 1. The Kier molecular flexibility index (Phi) is 6.82. The van der Waals surface area contributed by atoms with Crippen LogP contribution in [0.1, 0.15) is 28.1 Å². The maximum atomic E-state index is 14.5. The van der Waals surface area contributed by atoms with Gasteiger partial charge in [-0.3, -0.25) is 4.79 Å². The molecular weight excluding hydrogens is 463 g/mol. The SMILES string of the molecule is N#Cc1ccc(-c2cc(C(=O)N3CCCNCC3)sc2-c2ccc(N3CCC(O)C3)cc2)cc1F. The number of halogens is 1. The quantitative estimate of drug-likeness (QED) is 0.576. The number of hydrogen-bond donors (Lipinski definition) is 2. The summed E-state index contributed by atoms with van der Waals surface area (Å²) >= 11 is 1.42. The first kappa shape index (κ1) is 23.5. The topological polar surface area (TPSA) is 79.6 Å². The highest BCUT2D eigenvalue weighted by Gasteiger charge is 2.24. The molecule has 2 fully saturated rings. The minimum atomic E-state index is -0.573. The number of anilines is 1. The lowest BCUT2D eigenvalue weighted by Crippen LogP contribution is -2.33. The lowest BCUT2D eigenvalue weighted by atomic mass is 10.0. The van der Waals surface area contributed by atoms with Crippen LogP contribution in [0.25, 0.3) is 21.6 Å². The number of aliphatic hydroxyl groups is 1. The molecule has 0 aliphatic carbocycles. The molecule has 1 aromatic heterocycles. The number of carbonyl (C=O) groups is 1. The Morgan fingerprint density at radius 3 is 2.60 bits per heavy atom. The molecule has 180 valence electrons. The van der Waals surface area contributed by atoms with E-state index in [1.165, 1.54) is 23.5 Å². The highest BCUT2D eigenvalue weighted by Crippen LogP contribution is 2.41. The summed E-state index contributed by atoms with van der Waals surface area (Å²) < 4.78 is 14.5. The first-order valence-electron chi connectivity index (χ1n) is 11.9. The summed E-state index contributed by atoms with van der Waals surface area (Å²) in [6, 6.07) is 16.4. The van der Waals surface area contributed by atoms with Gasteiger partial charge in [0.1, 0.15) is 11.9 Å². The minimum Gasteiger partial charge on any atom is -0.391 e. The van der Waals surface area contributed by atoms with Gasteiger partial charge in [0.2, 0.25) is 0 Å². The molecule has 1 unspecified atom stereocenters. The number of aliphatic hydroxyl groups excluding tert-OH is 1. The molecule has 1 amide bonds. The van der Waals surface area contributed by atoms with Crippen LogP contribution in [-0.4, -0.2) is 61.3 Å². The molecule has 2 aromatic carbocycles. The number of β-amino-alcohol motifs (C(OH)–C–C–N with tert-alkyl or cyclic N) is 1. The first-order chi connectivity index (χ1) is 17.0. The molecule has 35 heavy (non-hydrogen) atoms.